The van der Waals surface area contributed by atoms with Gasteiger partial charge in [0.25, 0.3) is 0 Å². The highest BCUT2D eigenvalue weighted by Crippen LogP contribution is 2.12. The summed E-state index contributed by atoms with van der Waals surface area (Å²) in [6.45, 7) is 10.8. The minimum Gasteiger partial charge on any atom is -0.390 e. The van der Waals surface area contributed by atoms with Gasteiger partial charge in [0.05, 0.1) is 6.10 Å². The quantitative estimate of drug-likeness (QED) is 0.717. The first-order valence-electron chi connectivity index (χ1n) is 7.33. The third kappa shape index (κ3) is 6.19. The topological polar surface area (TPSA) is 35.5 Å². The van der Waals surface area contributed by atoms with Crippen LogP contribution in [0.4, 0.5) is 0 Å². The normalized spacial score (nSPS) is 14.6. The Hall–Kier alpha value is -0.900. The van der Waals surface area contributed by atoms with Crippen LogP contribution in [0.25, 0.3) is 0 Å². The van der Waals surface area contributed by atoms with Crippen LogP contribution in [-0.2, 0) is 0 Å². The number of hydrogen-bond acceptors (Lipinski definition) is 3. The number of likely N-dealkylation sites (N-methyl/N-ethyl adjacent to an activating group) is 1. The van der Waals surface area contributed by atoms with Crippen LogP contribution < -0.4 is 5.32 Å². The van der Waals surface area contributed by atoms with Crippen molar-refractivity contribution in [1.82, 2.24) is 10.2 Å². The molecule has 108 valence electrons. The summed E-state index contributed by atoms with van der Waals surface area (Å²) in [4.78, 5) is 2.24. The molecule has 3 heteroatoms. The Morgan fingerprint density at radius 3 is 2.32 bits per heavy atom. The number of aliphatic hydroxyl groups is 1. The molecule has 0 aliphatic carbocycles. The molecule has 0 bridgehead atoms. The molecule has 1 rings (SSSR count). The van der Waals surface area contributed by atoms with Gasteiger partial charge in [-0.25, -0.2) is 0 Å². The maximum absolute atomic E-state index is 9.96. The Balaban J connectivity index is 2.23. The van der Waals surface area contributed by atoms with Crippen molar-refractivity contribution in [2.45, 2.75) is 32.8 Å². The minimum atomic E-state index is -0.289. The summed E-state index contributed by atoms with van der Waals surface area (Å²) in [5.74, 6) is 0.474. The van der Waals surface area contributed by atoms with E-state index in [0.717, 1.165) is 26.2 Å². The average molecular weight is 264 g/mol. The molecule has 0 fully saturated rings. The molecule has 0 aromatic heterocycles. The number of aliphatic hydroxyl groups excluding tert-OH is 1. The second-order valence-corrected chi connectivity index (χ2v) is 5.11. The number of hydrogen-bond donors (Lipinski definition) is 2. The van der Waals surface area contributed by atoms with E-state index in [-0.39, 0.29) is 6.10 Å². The second-order valence-electron chi connectivity index (χ2n) is 5.11. The van der Waals surface area contributed by atoms with Gasteiger partial charge < -0.3 is 15.3 Å². The highest BCUT2D eigenvalue weighted by molar-refractivity contribution is 5.18. The number of nitrogens with zero attached hydrogens (tertiary/aromatic N) is 1. The fourth-order valence-electron chi connectivity index (χ4n) is 2.21. The Bertz CT molecular complexity index is 325. The van der Waals surface area contributed by atoms with Gasteiger partial charge in [-0.1, -0.05) is 51.1 Å². The molecule has 0 saturated carbocycles. The smallest absolute Gasteiger partial charge is 0.0791 e. The molecule has 0 spiro atoms. The van der Waals surface area contributed by atoms with Crippen LogP contribution in [0.15, 0.2) is 30.3 Å². The van der Waals surface area contributed by atoms with E-state index in [1.807, 2.05) is 6.07 Å². The Morgan fingerprint density at radius 1 is 1.11 bits per heavy atom. The molecule has 3 nitrogen and oxygen atoms in total. The van der Waals surface area contributed by atoms with E-state index in [0.29, 0.717) is 12.5 Å². The van der Waals surface area contributed by atoms with Gasteiger partial charge >= 0.3 is 0 Å². The zero-order valence-electron chi connectivity index (χ0n) is 12.5. The molecule has 1 aromatic carbocycles. The van der Waals surface area contributed by atoms with Gasteiger partial charge in [0.1, 0.15) is 0 Å². The first kappa shape index (κ1) is 16.2. The van der Waals surface area contributed by atoms with Crippen LogP contribution in [0, 0.1) is 0 Å². The van der Waals surface area contributed by atoms with Gasteiger partial charge in [-0.05, 0) is 24.6 Å². The lowest BCUT2D eigenvalue weighted by molar-refractivity contribution is 0.116. The lowest BCUT2D eigenvalue weighted by atomic mass is 10.0. The minimum absolute atomic E-state index is 0.289. The number of benzene rings is 1. The zero-order chi connectivity index (χ0) is 14.1. The second kappa shape index (κ2) is 9.08. The zero-order valence-corrected chi connectivity index (χ0v) is 12.5. The summed E-state index contributed by atoms with van der Waals surface area (Å²) in [6.07, 6.45) is -0.289. The molecule has 0 radical (unpaired) electrons. The Labute approximate surface area is 117 Å². The van der Waals surface area contributed by atoms with Crippen molar-refractivity contribution in [2.75, 3.05) is 32.7 Å². The first-order chi connectivity index (χ1) is 9.17. The van der Waals surface area contributed by atoms with E-state index in [1.165, 1.54) is 5.56 Å². The fraction of sp³-hybridized carbons (Fsp3) is 0.625. The van der Waals surface area contributed by atoms with Gasteiger partial charge in [0, 0.05) is 19.6 Å². The molecule has 2 atom stereocenters. The van der Waals surface area contributed by atoms with Crippen LogP contribution in [0.3, 0.4) is 0 Å². The van der Waals surface area contributed by atoms with Crippen LogP contribution in [-0.4, -0.2) is 48.8 Å². The van der Waals surface area contributed by atoms with Crippen molar-refractivity contribution in [1.29, 1.82) is 0 Å². The van der Waals surface area contributed by atoms with E-state index in [9.17, 15) is 5.11 Å². The van der Waals surface area contributed by atoms with E-state index in [4.69, 9.17) is 0 Å². The fourth-order valence-corrected chi connectivity index (χ4v) is 2.21. The van der Waals surface area contributed by atoms with Gasteiger partial charge in [-0.3, -0.25) is 0 Å². The molecule has 2 unspecified atom stereocenters. The molecular weight excluding hydrogens is 236 g/mol. The predicted octanol–water partition coefficient (Wildman–Crippen LogP) is 2.08. The highest BCUT2D eigenvalue weighted by Gasteiger charge is 2.10. The summed E-state index contributed by atoms with van der Waals surface area (Å²) < 4.78 is 0. The van der Waals surface area contributed by atoms with Crippen molar-refractivity contribution < 1.29 is 5.11 Å². The van der Waals surface area contributed by atoms with Crippen molar-refractivity contribution in [3.8, 4) is 0 Å². The van der Waals surface area contributed by atoms with Crippen LogP contribution in [0.1, 0.15) is 32.3 Å². The Kier molecular flexibility index (Phi) is 7.72. The molecule has 19 heavy (non-hydrogen) atoms. The van der Waals surface area contributed by atoms with Crippen molar-refractivity contribution in [3.63, 3.8) is 0 Å². The standard InChI is InChI=1S/C16H28N2O/c1-4-18(5-2)13-16(19)12-17-11-14(3)15-9-7-6-8-10-15/h6-10,14,16-17,19H,4-5,11-13H2,1-3H3. The van der Waals surface area contributed by atoms with Crippen molar-refractivity contribution in [2.24, 2.45) is 0 Å². The summed E-state index contributed by atoms with van der Waals surface area (Å²) in [7, 11) is 0. The maximum Gasteiger partial charge on any atom is 0.0791 e. The summed E-state index contributed by atoms with van der Waals surface area (Å²) in [6, 6.07) is 10.5. The van der Waals surface area contributed by atoms with Gasteiger partial charge in [0.2, 0.25) is 0 Å². The van der Waals surface area contributed by atoms with Gasteiger partial charge in [-0.15, -0.1) is 0 Å². The summed E-state index contributed by atoms with van der Waals surface area (Å²) >= 11 is 0. The molecular formula is C16H28N2O. The van der Waals surface area contributed by atoms with Gasteiger partial charge in [0.15, 0.2) is 0 Å². The first-order valence-corrected chi connectivity index (χ1v) is 7.33. The molecule has 0 aliphatic heterocycles. The molecule has 0 heterocycles. The summed E-state index contributed by atoms with van der Waals surface area (Å²) in [5.41, 5.74) is 1.34. The third-order valence-electron chi connectivity index (χ3n) is 3.56. The molecule has 2 N–H and O–H groups in total. The molecule has 0 aliphatic rings. The molecule has 0 saturated heterocycles. The predicted molar refractivity (Wildman–Crippen MR) is 81.5 cm³/mol. The highest BCUT2D eigenvalue weighted by atomic mass is 16.3. The van der Waals surface area contributed by atoms with E-state index >= 15 is 0 Å². The van der Waals surface area contributed by atoms with E-state index in [1.54, 1.807) is 0 Å². The van der Waals surface area contributed by atoms with Crippen LogP contribution >= 0.6 is 0 Å². The molecule has 1 aromatic rings. The average Bonchev–Trinajstić information content (AvgIpc) is 2.45. The molecule has 0 amide bonds. The van der Waals surface area contributed by atoms with Gasteiger partial charge in [-0.2, -0.15) is 0 Å². The monoisotopic (exact) mass is 264 g/mol. The van der Waals surface area contributed by atoms with Crippen LogP contribution in [0.2, 0.25) is 0 Å². The SMILES string of the molecule is CCN(CC)CC(O)CNCC(C)c1ccccc1. The lowest BCUT2D eigenvalue weighted by Crippen LogP contribution is -2.39. The summed E-state index contributed by atoms with van der Waals surface area (Å²) in [5, 5.41) is 13.3. The maximum atomic E-state index is 9.96. The lowest BCUT2D eigenvalue weighted by Gasteiger charge is -2.22. The van der Waals surface area contributed by atoms with Crippen LogP contribution in [0.5, 0.6) is 0 Å². The van der Waals surface area contributed by atoms with Crippen molar-refractivity contribution >= 4 is 0 Å². The Morgan fingerprint density at radius 2 is 1.74 bits per heavy atom. The number of rotatable bonds is 9. The third-order valence-corrected chi connectivity index (χ3v) is 3.56. The largest absolute Gasteiger partial charge is 0.390 e. The van der Waals surface area contributed by atoms with E-state index in [2.05, 4.69) is 55.3 Å². The number of nitrogens with one attached hydrogen (secondary N) is 1. The van der Waals surface area contributed by atoms with Crippen molar-refractivity contribution in [3.05, 3.63) is 35.9 Å². The van der Waals surface area contributed by atoms with E-state index < -0.39 is 0 Å².